The zero-order valence-electron chi connectivity index (χ0n) is 21.6. The molecule has 0 fully saturated rings. The van der Waals surface area contributed by atoms with E-state index in [1.807, 2.05) is 30.3 Å². The van der Waals surface area contributed by atoms with E-state index < -0.39 is 32.8 Å². The molecule has 10 nitrogen and oxygen atoms in total. The van der Waals surface area contributed by atoms with Gasteiger partial charge < -0.3 is 14.4 Å². The molecule has 1 atom stereocenters. The van der Waals surface area contributed by atoms with E-state index in [-0.39, 0.29) is 29.3 Å². The Hall–Kier alpha value is -4.72. The third-order valence-corrected chi connectivity index (χ3v) is 8.42. The van der Waals surface area contributed by atoms with Crippen LogP contribution in [0.15, 0.2) is 79.1 Å². The Balaban J connectivity index is 1.74. The van der Waals surface area contributed by atoms with Gasteiger partial charge in [0.15, 0.2) is 15.5 Å². The van der Waals surface area contributed by atoms with E-state index in [1.54, 1.807) is 19.1 Å². The van der Waals surface area contributed by atoms with Crippen molar-refractivity contribution in [2.75, 3.05) is 6.26 Å². The number of aromatic nitrogens is 5. The lowest BCUT2D eigenvalue weighted by Crippen LogP contribution is -2.46. The summed E-state index contributed by atoms with van der Waals surface area (Å²) in [6.45, 7) is 1.54. The predicted molar refractivity (Wildman–Crippen MR) is 142 cm³/mol. The van der Waals surface area contributed by atoms with Crippen LogP contribution >= 0.6 is 0 Å². The van der Waals surface area contributed by atoms with E-state index in [4.69, 9.17) is 0 Å². The number of hydrogen-bond donors (Lipinski definition) is 1. The molecular formula is C27H22F3N5O5S. The molecule has 5 rings (SSSR count). The largest absolute Gasteiger partial charge is 0.573 e. The van der Waals surface area contributed by atoms with Crippen LogP contribution in [0.2, 0.25) is 0 Å². The minimum absolute atomic E-state index is 0.132. The average molecular weight is 586 g/mol. The standard InChI is InChI=1S/C27H22F3N5O5S/c1-17-32-22(25(36)37)16-34(17)24-13-10-20(18-6-4-3-5-7-18)14-26(24,41(2,38)39)35-23(15-31-33-35)19-8-11-21(12-9-19)40-27(28,29)30/h3-13,15-16H,14H2,1-2H3,(H,36,37). The summed E-state index contributed by atoms with van der Waals surface area (Å²) in [5.74, 6) is -1.54. The number of hydrogen-bond acceptors (Lipinski definition) is 7. The first-order chi connectivity index (χ1) is 19.3. The van der Waals surface area contributed by atoms with Crippen LogP contribution in [0.1, 0.15) is 28.3 Å². The Bertz CT molecular complexity index is 1790. The molecule has 1 aliphatic carbocycles. The summed E-state index contributed by atoms with van der Waals surface area (Å²) in [5.41, 5.74) is 1.75. The fourth-order valence-electron chi connectivity index (χ4n) is 4.84. The molecule has 0 radical (unpaired) electrons. The first-order valence-corrected chi connectivity index (χ1v) is 13.9. The van der Waals surface area contributed by atoms with Crippen molar-refractivity contribution in [2.24, 2.45) is 0 Å². The molecule has 212 valence electrons. The fraction of sp³-hybridized carbons (Fsp3) is 0.185. The van der Waals surface area contributed by atoms with E-state index in [9.17, 15) is 31.5 Å². The SMILES string of the molecule is Cc1nc(C(=O)O)cn1C1=CC=C(c2ccccc2)CC1(n1nncc1-c1ccc(OC(F)(F)F)cc1)S(C)(=O)=O. The fourth-order valence-corrected chi connectivity index (χ4v) is 6.26. The van der Waals surface area contributed by atoms with Crippen molar-refractivity contribution in [3.8, 4) is 17.0 Å². The maximum Gasteiger partial charge on any atom is 0.573 e. The third-order valence-electron chi connectivity index (χ3n) is 6.67. The van der Waals surface area contributed by atoms with Gasteiger partial charge in [0.05, 0.1) is 17.6 Å². The molecule has 41 heavy (non-hydrogen) atoms. The molecule has 0 saturated heterocycles. The van der Waals surface area contributed by atoms with Crippen LogP contribution in [0.3, 0.4) is 0 Å². The molecular weight excluding hydrogens is 563 g/mol. The molecule has 2 aromatic carbocycles. The lowest BCUT2D eigenvalue weighted by atomic mass is 9.91. The van der Waals surface area contributed by atoms with Gasteiger partial charge in [0.25, 0.3) is 0 Å². The normalized spacial score (nSPS) is 17.6. The van der Waals surface area contributed by atoms with Crippen molar-refractivity contribution in [3.63, 3.8) is 0 Å². The van der Waals surface area contributed by atoms with Crippen molar-refractivity contribution < 1.29 is 36.2 Å². The monoisotopic (exact) mass is 585 g/mol. The van der Waals surface area contributed by atoms with Crippen LogP contribution in [0.5, 0.6) is 5.75 Å². The Kier molecular flexibility index (Phi) is 6.81. The summed E-state index contributed by atoms with van der Waals surface area (Å²) in [6.07, 6.45) is 1.86. The summed E-state index contributed by atoms with van der Waals surface area (Å²) in [4.78, 5) is 13.8. The molecule has 0 saturated carbocycles. The van der Waals surface area contributed by atoms with Crippen LogP contribution < -0.4 is 4.74 Å². The quantitative estimate of drug-likeness (QED) is 0.328. The Labute approximate surface area is 231 Å². The molecule has 1 aliphatic rings. The number of nitrogens with zero attached hydrogens (tertiary/aromatic N) is 5. The number of carboxylic acids is 1. The minimum Gasteiger partial charge on any atom is -0.476 e. The van der Waals surface area contributed by atoms with Gasteiger partial charge in [-0.3, -0.25) is 0 Å². The van der Waals surface area contributed by atoms with Gasteiger partial charge in [-0.15, -0.1) is 18.3 Å². The number of sulfone groups is 1. The highest BCUT2D eigenvalue weighted by atomic mass is 32.2. The predicted octanol–water partition coefficient (Wildman–Crippen LogP) is 4.77. The van der Waals surface area contributed by atoms with Gasteiger partial charge in [0.1, 0.15) is 11.6 Å². The molecule has 0 amide bonds. The van der Waals surface area contributed by atoms with Gasteiger partial charge in [-0.25, -0.2) is 22.9 Å². The number of allylic oxidation sites excluding steroid dienone is 3. The second kappa shape index (κ2) is 10.0. The number of imidazole rings is 1. The van der Waals surface area contributed by atoms with Crippen LogP contribution in [0, 0.1) is 6.92 Å². The summed E-state index contributed by atoms with van der Waals surface area (Å²) >= 11 is 0. The molecule has 4 aromatic rings. The Morgan fingerprint density at radius 3 is 2.32 bits per heavy atom. The molecule has 1 N–H and O–H groups in total. The number of ether oxygens (including phenoxy) is 1. The zero-order chi connectivity index (χ0) is 29.6. The van der Waals surface area contributed by atoms with Gasteiger partial charge in [-0.2, -0.15) is 0 Å². The lowest BCUT2D eigenvalue weighted by molar-refractivity contribution is -0.274. The number of carbonyl (C=O) groups is 1. The van der Waals surface area contributed by atoms with Crippen molar-refractivity contribution in [1.82, 2.24) is 24.5 Å². The van der Waals surface area contributed by atoms with Crippen molar-refractivity contribution in [1.29, 1.82) is 0 Å². The molecule has 0 spiro atoms. The highest BCUT2D eigenvalue weighted by molar-refractivity contribution is 7.91. The number of alkyl halides is 3. The van der Waals surface area contributed by atoms with Crippen LogP contribution in [-0.2, 0) is 14.7 Å². The number of aryl methyl sites for hydroxylation is 1. The number of carboxylic acid groups (broad SMARTS) is 1. The van der Waals surface area contributed by atoms with E-state index in [0.29, 0.717) is 11.1 Å². The summed E-state index contributed by atoms with van der Waals surface area (Å²) < 4.78 is 72.6. The zero-order valence-corrected chi connectivity index (χ0v) is 22.4. The van der Waals surface area contributed by atoms with Crippen LogP contribution in [0.4, 0.5) is 13.2 Å². The summed E-state index contributed by atoms with van der Waals surface area (Å²) in [6, 6.07) is 13.9. The van der Waals surface area contributed by atoms with Crippen molar-refractivity contribution in [2.45, 2.75) is 24.6 Å². The number of halogens is 3. The van der Waals surface area contributed by atoms with Gasteiger partial charge in [0, 0.05) is 24.4 Å². The minimum atomic E-state index is -4.88. The Morgan fingerprint density at radius 1 is 1.05 bits per heavy atom. The molecule has 2 heterocycles. The van der Waals surface area contributed by atoms with Gasteiger partial charge in [-0.1, -0.05) is 41.6 Å². The molecule has 1 unspecified atom stereocenters. The van der Waals surface area contributed by atoms with Crippen LogP contribution in [0.25, 0.3) is 22.5 Å². The van der Waals surface area contributed by atoms with Crippen molar-refractivity contribution in [3.05, 3.63) is 96.2 Å². The number of rotatable bonds is 7. The first-order valence-electron chi connectivity index (χ1n) is 12.0. The maximum atomic E-state index is 14.0. The van der Waals surface area contributed by atoms with Crippen molar-refractivity contribution >= 4 is 27.1 Å². The topological polar surface area (TPSA) is 129 Å². The molecule has 14 heteroatoms. The number of benzene rings is 2. The van der Waals surface area contributed by atoms with E-state index in [2.05, 4.69) is 20.0 Å². The molecule has 2 aromatic heterocycles. The first kappa shape index (κ1) is 27.8. The highest BCUT2D eigenvalue weighted by Gasteiger charge is 2.52. The molecule has 0 aliphatic heterocycles. The Morgan fingerprint density at radius 2 is 1.73 bits per heavy atom. The van der Waals surface area contributed by atoms with E-state index in [1.165, 1.54) is 33.8 Å². The van der Waals surface area contributed by atoms with E-state index >= 15 is 0 Å². The smallest absolute Gasteiger partial charge is 0.476 e. The van der Waals surface area contributed by atoms with Gasteiger partial charge in [-0.05, 0) is 48.4 Å². The molecule has 0 bridgehead atoms. The average Bonchev–Trinajstić information content (AvgIpc) is 3.55. The number of aromatic carboxylic acids is 1. The lowest BCUT2D eigenvalue weighted by Gasteiger charge is -2.38. The third kappa shape index (κ3) is 5.13. The maximum absolute atomic E-state index is 14.0. The highest BCUT2D eigenvalue weighted by Crippen LogP contribution is 2.47. The second-order valence-corrected chi connectivity index (χ2v) is 11.5. The van der Waals surface area contributed by atoms with Gasteiger partial charge in [0.2, 0.25) is 4.87 Å². The van der Waals surface area contributed by atoms with E-state index in [0.717, 1.165) is 24.0 Å². The summed E-state index contributed by atoms with van der Waals surface area (Å²) in [5, 5.41) is 17.7. The summed E-state index contributed by atoms with van der Waals surface area (Å²) in [7, 11) is -4.16. The second-order valence-electron chi connectivity index (χ2n) is 9.29. The van der Waals surface area contributed by atoms with Crippen LogP contribution in [-0.4, -0.2) is 56.7 Å². The van der Waals surface area contributed by atoms with Gasteiger partial charge >= 0.3 is 12.3 Å².